The van der Waals surface area contributed by atoms with Gasteiger partial charge in [0.15, 0.2) is 5.79 Å². The maximum atomic E-state index is 5.86. The highest BCUT2D eigenvalue weighted by atomic mass is 16.7. The Labute approximate surface area is 87.3 Å². The monoisotopic (exact) mass is 198 g/mol. The number of ether oxygens (including phenoxy) is 2. The van der Waals surface area contributed by atoms with Gasteiger partial charge in [-0.15, -0.1) is 6.58 Å². The average Bonchev–Trinajstić information content (AvgIpc) is 2.01. The van der Waals surface area contributed by atoms with Crippen molar-refractivity contribution in [3.05, 3.63) is 12.7 Å². The second-order valence-corrected chi connectivity index (χ2v) is 4.80. The van der Waals surface area contributed by atoms with Gasteiger partial charge < -0.3 is 9.47 Å². The quantitative estimate of drug-likeness (QED) is 0.649. The summed E-state index contributed by atoms with van der Waals surface area (Å²) in [4.78, 5) is 0. The molecule has 1 fully saturated rings. The summed E-state index contributed by atoms with van der Waals surface area (Å²) >= 11 is 0. The van der Waals surface area contributed by atoms with Gasteiger partial charge in [-0.1, -0.05) is 19.9 Å². The van der Waals surface area contributed by atoms with Crippen molar-refractivity contribution in [1.29, 1.82) is 0 Å². The second kappa shape index (κ2) is 4.45. The molecule has 2 atom stereocenters. The summed E-state index contributed by atoms with van der Waals surface area (Å²) in [6, 6.07) is 0. The lowest BCUT2D eigenvalue weighted by atomic mass is 9.97. The molecule has 0 unspecified atom stereocenters. The van der Waals surface area contributed by atoms with E-state index in [1.165, 1.54) is 0 Å². The molecule has 0 saturated carbocycles. The smallest absolute Gasteiger partial charge is 0.163 e. The molecule has 0 aliphatic carbocycles. The molecule has 2 nitrogen and oxygen atoms in total. The van der Waals surface area contributed by atoms with Crippen LogP contribution in [0, 0.1) is 5.92 Å². The molecular formula is C12H22O2. The van der Waals surface area contributed by atoms with E-state index < -0.39 is 5.79 Å². The van der Waals surface area contributed by atoms with Gasteiger partial charge in [0, 0.05) is 6.42 Å². The van der Waals surface area contributed by atoms with Gasteiger partial charge in [-0.05, 0) is 26.2 Å². The normalized spacial score (nSPS) is 31.8. The van der Waals surface area contributed by atoms with Crippen LogP contribution in [0.4, 0.5) is 0 Å². The first kappa shape index (κ1) is 11.7. The molecule has 1 aliphatic rings. The first-order chi connectivity index (χ1) is 6.44. The molecule has 0 radical (unpaired) electrons. The summed E-state index contributed by atoms with van der Waals surface area (Å²) in [5.74, 6) is 0.103. The van der Waals surface area contributed by atoms with Crippen molar-refractivity contribution in [2.24, 2.45) is 5.92 Å². The zero-order valence-electron chi connectivity index (χ0n) is 9.75. The van der Waals surface area contributed by atoms with E-state index in [4.69, 9.17) is 9.47 Å². The van der Waals surface area contributed by atoms with Crippen molar-refractivity contribution in [2.75, 3.05) is 0 Å². The molecule has 0 bridgehead atoms. The van der Waals surface area contributed by atoms with E-state index in [-0.39, 0.29) is 6.10 Å². The highest BCUT2D eigenvalue weighted by molar-refractivity contribution is 4.82. The molecule has 0 amide bonds. The van der Waals surface area contributed by atoms with Crippen molar-refractivity contribution >= 4 is 0 Å². The Morgan fingerprint density at radius 2 is 2.07 bits per heavy atom. The number of hydrogen-bond donors (Lipinski definition) is 0. The highest BCUT2D eigenvalue weighted by Crippen LogP contribution is 2.31. The van der Waals surface area contributed by atoms with Gasteiger partial charge in [0.2, 0.25) is 0 Å². The lowest BCUT2D eigenvalue weighted by Crippen LogP contribution is -2.46. The van der Waals surface area contributed by atoms with Crippen LogP contribution in [0.3, 0.4) is 0 Å². The summed E-state index contributed by atoms with van der Waals surface area (Å²) in [6.07, 6.45) is 4.39. The predicted octanol–water partition coefficient (Wildman–Crippen LogP) is 3.13. The molecule has 1 saturated heterocycles. The van der Waals surface area contributed by atoms with Gasteiger partial charge in [-0.3, -0.25) is 0 Å². The minimum absolute atomic E-state index is 0.267. The third kappa shape index (κ3) is 3.10. The van der Waals surface area contributed by atoms with Crippen molar-refractivity contribution in [1.82, 2.24) is 0 Å². The van der Waals surface area contributed by atoms with E-state index >= 15 is 0 Å². The third-order valence-corrected chi connectivity index (χ3v) is 2.55. The van der Waals surface area contributed by atoms with E-state index in [2.05, 4.69) is 20.4 Å². The lowest BCUT2D eigenvalue weighted by Gasteiger charge is -2.42. The highest BCUT2D eigenvalue weighted by Gasteiger charge is 2.35. The SMILES string of the molecule is C=CC[C@@H]1C[C@@H](C(C)C)OC(C)(C)O1. The van der Waals surface area contributed by atoms with E-state index in [0.29, 0.717) is 12.0 Å². The van der Waals surface area contributed by atoms with Crippen LogP contribution in [0.1, 0.15) is 40.5 Å². The molecule has 0 aromatic carbocycles. The van der Waals surface area contributed by atoms with Crippen molar-refractivity contribution < 1.29 is 9.47 Å². The van der Waals surface area contributed by atoms with Crippen LogP contribution in [-0.2, 0) is 9.47 Å². The van der Waals surface area contributed by atoms with Crippen molar-refractivity contribution in [3.63, 3.8) is 0 Å². The van der Waals surface area contributed by atoms with E-state index in [1.807, 2.05) is 19.9 Å². The largest absolute Gasteiger partial charge is 0.347 e. The average molecular weight is 198 g/mol. The Kier molecular flexibility index (Phi) is 3.73. The molecule has 0 aromatic heterocycles. The summed E-state index contributed by atoms with van der Waals surface area (Å²) in [5.41, 5.74) is 0. The Balaban J connectivity index is 2.61. The van der Waals surface area contributed by atoms with Crippen LogP contribution in [0.25, 0.3) is 0 Å². The molecule has 0 aromatic rings. The van der Waals surface area contributed by atoms with Crippen LogP contribution in [0.15, 0.2) is 12.7 Å². The summed E-state index contributed by atoms with van der Waals surface area (Å²) in [6.45, 7) is 12.1. The second-order valence-electron chi connectivity index (χ2n) is 4.80. The van der Waals surface area contributed by atoms with E-state index in [0.717, 1.165) is 12.8 Å². The minimum atomic E-state index is -0.444. The minimum Gasteiger partial charge on any atom is -0.347 e. The predicted molar refractivity (Wildman–Crippen MR) is 58.1 cm³/mol. The topological polar surface area (TPSA) is 18.5 Å². The summed E-state index contributed by atoms with van der Waals surface area (Å²) in [5, 5.41) is 0. The van der Waals surface area contributed by atoms with Crippen LogP contribution in [0.2, 0.25) is 0 Å². The molecular weight excluding hydrogens is 176 g/mol. The molecule has 2 heteroatoms. The maximum Gasteiger partial charge on any atom is 0.163 e. The Hall–Kier alpha value is -0.340. The fraction of sp³-hybridized carbons (Fsp3) is 0.833. The van der Waals surface area contributed by atoms with Gasteiger partial charge in [0.25, 0.3) is 0 Å². The molecule has 1 heterocycles. The Bertz CT molecular complexity index is 196. The van der Waals surface area contributed by atoms with Crippen LogP contribution >= 0.6 is 0 Å². The van der Waals surface area contributed by atoms with Crippen LogP contribution in [0.5, 0.6) is 0 Å². The van der Waals surface area contributed by atoms with Gasteiger partial charge >= 0.3 is 0 Å². The molecule has 1 rings (SSSR count). The van der Waals surface area contributed by atoms with Crippen LogP contribution < -0.4 is 0 Å². The lowest BCUT2D eigenvalue weighted by molar-refractivity contribution is -0.305. The zero-order chi connectivity index (χ0) is 10.8. The van der Waals surface area contributed by atoms with Crippen LogP contribution in [-0.4, -0.2) is 18.0 Å². The van der Waals surface area contributed by atoms with Gasteiger partial charge in [0.1, 0.15) is 0 Å². The fourth-order valence-corrected chi connectivity index (χ4v) is 1.89. The van der Waals surface area contributed by atoms with Crippen molar-refractivity contribution in [3.8, 4) is 0 Å². The summed E-state index contributed by atoms with van der Waals surface area (Å²) in [7, 11) is 0. The maximum absolute atomic E-state index is 5.86. The number of hydrogen-bond acceptors (Lipinski definition) is 2. The van der Waals surface area contributed by atoms with E-state index in [9.17, 15) is 0 Å². The van der Waals surface area contributed by atoms with Gasteiger partial charge in [-0.25, -0.2) is 0 Å². The standard InChI is InChI=1S/C12H22O2/c1-6-7-10-8-11(9(2)3)14-12(4,5)13-10/h6,9-11H,1,7-8H2,2-5H3/t10-,11+/m1/s1. The molecule has 0 spiro atoms. The molecule has 0 N–H and O–H groups in total. The first-order valence-electron chi connectivity index (χ1n) is 5.41. The van der Waals surface area contributed by atoms with Gasteiger partial charge in [0.05, 0.1) is 12.2 Å². The fourth-order valence-electron chi connectivity index (χ4n) is 1.89. The first-order valence-corrected chi connectivity index (χ1v) is 5.41. The molecule has 82 valence electrons. The number of rotatable bonds is 3. The molecule has 14 heavy (non-hydrogen) atoms. The van der Waals surface area contributed by atoms with E-state index in [1.54, 1.807) is 0 Å². The zero-order valence-corrected chi connectivity index (χ0v) is 9.75. The Morgan fingerprint density at radius 1 is 1.43 bits per heavy atom. The summed E-state index contributed by atoms with van der Waals surface area (Å²) < 4.78 is 11.7. The van der Waals surface area contributed by atoms with Gasteiger partial charge in [-0.2, -0.15) is 0 Å². The third-order valence-electron chi connectivity index (χ3n) is 2.55. The Morgan fingerprint density at radius 3 is 2.57 bits per heavy atom. The van der Waals surface area contributed by atoms with Crippen molar-refractivity contribution in [2.45, 2.75) is 58.5 Å². The molecule has 1 aliphatic heterocycles.